The van der Waals surface area contributed by atoms with Gasteiger partial charge in [0.2, 0.25) is 11.7 Å². The van der Waals surface area contributed by atoms with Crippen LogP contribution in [0.2, 0.25) is 0 Å². The van der Waals surface area contributed by atoms with Gasteiger partial charge in [-0.1, -0.05) is 33.2 Å². The zero-order valence-electron chi connectivity index (χ0n) is 10.7. The number of hydrogen-bond acceptors (Lipinski definition) is 5. The normalized spacial score (nSPS) is 18.6. The Morgan fingerprint density at radius 2 is 2.35 bits per heavy atom. The predicted molar refractivity (Wildman–Crippen MR) is 87.5 cm³/mol. The summed E-state index contributed by atoms with van der Waals surface area (Å²) in [5.74, 6) is 3.65. The van der Waals surface area contributed by atoms with Crippen molar-refractivity contribution in [2.24, 2.45) is 0 Å². The van der Waals surface area contributed by atoms with Crippen molar-refractivity contribution in [3.63, 3.8) is 0 Å². The molecule has 1 aromatic carbocycles. The average molecular weight is 377 g/mol. The second-order valence-electron chi connectivity index (χ2n) is 4.45. The van der Waals surface area contributed by atoms with Gasteiger partial charge in [-0.15, -0.1) is 12.4 Å². The largest absolute Gasteiger partial charge is 0.339 e. The minimum atomic E-state index is 0. The van der Waals surface area contributed by atoms with Gasteiger partial charge in [0.05, 0.1) is 0 Å². The summed E-state index contributed by atoms with van der Waals surface area (Å²) in [7, 11) is 0. The van der Waals surface area contributed by atoms with Gasteiger partial charge in [0.1, 0.15) is 0 Å². The molecule has 1 fully saturated rings. The topological polar surface area (TPSA) is 51.0 Å². The lowest BCUT2D eigenvalue weighted by Gasteiger charge is -2.21. The highest BCUT2D eigenvalue weighted by Gasteiger charge is 2.17. The van der Waals surface area contributed by atoms with Crippen LogP contribution in [-0.2, 0) is 6.42 Å². The first-order valence-corrected chi connectivity index (χ1v) is 8.16. The van der Waals surface area contributed by atoms with Crippen molar-refractivity contribution in [2.75, 3.05) is 18.1 Å². The van der Waals surface area contributed by atoms with Crippen molar-refractivity contribution in [1.29, 1.82) is 0 Å². The molecule has 2 aromatic rings. The summed E-state index contributed by atoms with van der Waals surface area (Å²) < 4.78 is 6.35. The van der Waals surface area contributed by atoms with Crippen LogP contribution in [0.1, 0.15) is 5.89 Å². The third-order valence-electron chi connectivity index (χ3n) is 2.97. The zero-order chi connectivity index (χ0) is 13.1. The Morgan fingerprint density at radius 1 is 1.45 bits per heavy atom. The molecule has 0 saturated carbocycles. The first-order valence-electron chi connectivity index (χ1n) is 6.21. The van der Waals surface area contributed by atoms with Crippen LogP contribution >= 0.6 is 40.1 Å². The summed E-state index contributed by atoms with van der Waals surface area (Å²) in [5.41, 5.74) is 0.968. The van der Waals surface area contributed by atoms with Crippen molar-refractivity contribution >= 4 is 40.1 Å². The molecule has 0 spiro atoms. The number of rotatable bonds is 3. The maximum absolute atomic E-state index is 5.34. The van der Waals surface area contributed by atoms with Gasteiger partial charge < -0.3 is 9.84 Å². The van der Waals surface area contributed by atoms with Gasteiger partial charge in [0.25, 0.3) is 0 Å². The average Bonchev–Trinajstić information content (AvgIpc) is 2.88. The first-order chi connectivity index (χ1) is 9.31. The van der Waals surface area contributed by atoms with E-state index in [0.29, 0.717) is 17.8 Å². The number of thioether (sulfide) groups is 1. The maximum Gasteiger partial charge on any atom is 0.228 e. The quantitative estimate of drug-likeness (QED) is 0.891. The molecule has 20 heavy (non-hydrogen) atoms. The summed E-state index contributed by atoms with van der Waals surface area (Å²) in [6, 6.07) is 8.36. The molecule has 3 rings (SSSR count). The van der Waals surface area contributed by atoms with Gasteiger partial charge in [-0.05, 0) is 12.1 Å². The second-order valence-corrected chi connectivity index (χ2v) is 6.52. The van der Waals surface area contributed by atoms with E-state index in [2.05, 4.69) is 31.4 Å². The number of benzene rings is 1. The fraction of sp³-hybridized carbons (Fsp3) is 0.385. The second kappa shape index (κ2) is 7.45. The minimum Gasteiger partial charge on any atom is -0.339 e. The van der Waals surface area contributed by atoms with E-state index in [1.54, 1.807) is 0 Å². The van der Waals surface area contributed by atoms with Crippen molar-refractivity contribution in [3.8, 4) is 11.4 Å². The molecule has 0 amide bonds. The summed E-state index contributed by atoms with van der Waals surface area (Å²) in [5, 5.41) is 7.52. The van der Waals surface area contributed by atoms with E-state index >= 15 is 0 Å². The van der Waals surface area contributed by atoms with Crippen molar-refractivity contribution < 1.29 is 4.52 Å². The van der Waals surface area contributed by atoms with Crippen LogP contribution in [0.3, 0.4) is 0 Å². The molecule has 108 valence electrons. The molecule has 0 radical (unpaired) electrons. The molecule has 1 aliphatic rings. The van der Waals surface area contributed by atoms with E-state index in [1.165, 1.54) is 5.75 Å². The molecule has 2 heterocycles. The number of aromatic nitrogens is 2. The molecule has 0 aliphatic carbocycles. The lowest BCUT2D eigenvalue weighted by atomic mass is 10.2. The zero-order valence-corrected chi connectivity index (χ0v) is 13.9. The molecule has 1 atom stereocenters. The Labute approximate surface area is 136 Å². The van der Waals surface area contributed by atoms with Crippen LogP contribution in [0.4, 0.5) is 0 Å². The monoisotopic (exact) mass is 375 g/mol. The standard InChI is InChI=1S/C13H14BrN3OS.ClH/c14-10-3-1-2-9(6-10)13-16-12(18-17-13)7-11-8-19-5-4-15-11;/h1-3,6,11,15H,4-5,7-8H2;1H. The molecular formula is C13H15BrClN3OS. The third-order valence-corrected chi connectivity index (χ3v) is 4.59. The fourth-order valence-corrected chi connectivity index (χ4v) is 3.39. The number of halogens is 2. The van der Waals surface area contributed by atoms with E-state index in [0.717, 1.165) is 28.8 Å². The lowest BCUT2D eigenvalue weighted by Crippen LogP contribution is -2.38. The number of hydrogen-bond donors (Lipinski definition) is 1. The smallest absolute Gasteiger partial charge is 0.228 e. The maximum atomic E-state index is 5.34. The Hall–Kier alpha value is -0.560. The summed E-state index contributed by atoms with van der Waals surface area (Å²) in [6.45, 7) is 1.06. The molecule has 7 heteroatoms. The van der Waals surface area contributed by atoms with E-state index in [-0.39, 0.29) is 12.4 Å². The molecular weight excluding hydrogens is 362 g/mol. The van der Waals surface area contributed by atoms with Crippen LogP contribution in [0, 0.1) is 0 Å². The van der Waals surface area contributed by atoms with Crippen LogP contribution < -0.4 is 5.32 Å². The number of nitrogens with one attached hydrogen (secondary N) is 1. The first kappa shape index (κ1) is 15.8. The molecule has 1 unspecified atom stereocenters. The SMILES string of the molecule is Brc1cccc(-c2noc(CC3CSCCN3)n2)c1.Cl. The van der Waals surface area contributed by atoms with Gasteiger partial charge in [-0.25, -0.2) is 0 Å². The molecule has 1 aliphatic heterocycles. The van der Waals surface area contributed by atoms with Crippen molar-refractivity contribution in [1.82, 2.24) is 15.5 Å². The highest BCUT2D eigenvalue weighted by Crippen LogP contribution is 2.21. The molecule has 4 nitrogen and oxygen atoms in total. The summed E-state index contributed by atoms with van der Waals surface area (Å²) in [4.78, 5) is 4.47. The Kier molecular flexibility index (Phi) is 5.89. The van der Waals surface area contributed by atoms with Gasteiger partial charge in [-0.3, -0.25) is 0 Å². The van der Waals surface area contributed by atoms with Crippen molar-refractivity contribution in [3.05, 3.63) is 34.6 Å². The molecule has 1 aromatic heterocycles. The molecule has 0 bridgehead atoms. The highest BCUT2D eigenvalue weighted by molar-refractivity contribution is 9.10. The highest BCUT2D eigenvalue weighted by atomic mass is 79.9. The molecule has 1 N–H and O–H groups in total. The Bertz CT molecular complexity index is 560. The van der Waals surface area contributed by atoms with Gasteiger partial charge >= 0.3 is 0 Å². The van der Waals surface area contributed by atoms with Crippen LogP contribution in [-0.4, -0.2) is 34.2 Å². The van der Waals surface area contributed by atoms with Crippen LogP contribution in [0.15, 0.2) is 33.3 Å². The minimum absolute atomic E-state index is 0. The number of nitrogens with zero attached hydrogens (tertiary/aromatic N) is 2. The van der Waals surface area contributed by atoms with Crippen LogP contribution in [0.25, 0.3) is 11.4 Å². The van der Waals surface area contributed by atoms with E-state index in [4.69, 9.17) is 4.52 Å². The van der Waals surface area contributed by atoms with Crippen molar-refractivity contribution in [2.45, 2.75) is 12.5 Å². The van der Waals surface area contributed by atoms with E-state index in [9.17, 15) is 0 Å². The van der Waals surface area contributed by atoms with Gasteiger partial charge in [0, 0.05) is 40.5 Å². The Balaban J connectivity index is 0.00000147. The van der Waals surface area contributed by atoms with Gasteiger partial charge in [0.15, 0.2) is 0 Å². The third kappa shape index (κ3) is 3.97. The summed E-state index contributed by atoms with van der Waals surface area (Å²) >= 11 is 5.42. The summed E-state index contributed by atoms with van der Waals surface area (Å²) in [6.07, 6.45) is 0.800. The van der Waals surface area contributed by atoms with Gasteiger partial charge in [-0.2, -0.15) is 16.7 Å². The Morgan fingerprint density at radius 3 is 3.10 bits per heavy atom. The lowest BCUT2D eigenvalue weighted by molar-refractivity contribution is 0.363. The van der Waals surface area contributed by atoms with Crippen LogP contribution in [0.5, 0.6) is 0 Å². The fourth-order valence-electron chi connectivity index (χ4n) is 2.04. The predicted octanol–water partition coefficient (Wildman–Crippen LogP) is 3.17. The molecule has 1 saturated heterocycles. The van der Waals surface area contributed by atoms with E-state index in [1.807, 2.05) is 36.0 Å². The van der Waals surface area contributed by atoms with E-state index < -0.39 is 0 Å².